The number of nitrogens with one attached hydrogen (secondary N) is 1. The zero-order valence-corrected chi connectivity index (χ0v) is 18.4. The molecule has 4 rings (SSSR count). The summed E-state index contributed by atoms with van der Waals surface area (Å²) in [5.74, 6) is 0.725. The number of hydrogen-bond donors (Lipinski definition) is 1. The van der Waals surface area contributed by atoms with Crippen molar-refractivity contribution in [3.8, 4) is 5.75 Å². The largest absolute Gasteiger partial charge is 0.495 e. The van der Waals surface area contributed by atoms with Crippen molar-refractivity contribution in [1.82, 2.24) is 14.8 Å². The summed E-state index contributed by atoms with van der Waals surface area (Å²) < 4.78 is 85.6. The molecule has 0 bridgehead atoms. The number of carbonyl (C=O) groups excluding carboxylic acids is 1. The molecule has 1 amide bonds. The van der Waals surface area contributed by atoms with Gasteiger partial charge in [-0.2, -0.15) is 26.3 Å². The van der Waals surface area contributed by atoms with E-state index in [-0.39, 0.29) is 18.6 Å². The van der Waals surface area contributed by atoms with Crippen molar-refractivity contribution in [2.45, 2.75) is 56.2 Å². The third-order valence-corrected chi connectivity index (χ3v) is 6.76. The summed E-state index contributed by atoms with van der Waals surface area (Å²) in [6.07, 6.45) is -14.5. The molecule has 1 spiro atoms. The molecule has 3 heterocycles. The van der Waals surface area contributed by atoms with E-state index >= 15 is 0 Å². The quantitative estimate of drug-likeness (QED) is 0.593. The number of alkyl halides is 6. The Morgan fingerprint density at radius 1 is 1.09 bits per heavy atom. The van der Waals surface area contributed by atoms with Gasteiger partial charge >= 0.3 is 18.4 Å². The summed E-state index contributed by atoms with van der Waals surface area (Å²) in [6, 6.07) is 7.76. The Labute approximate surface area is 191 Å². The predicted octanol–water partition coefficient (Wildman–Crippen LogP) is 5.24. The van der Waals surface area contributed by atoms with E-state index in [4.69, 9.17) is 4.74 Å². The number of para-hydroxylation sites is 1. The van der Waals surface area contributed by atoms with Crippen molar-refractivity contribution in [2.24, 2.45) is 0 Å². The Morgan fingerprint density at radius 2 is 1.76 bits per heavy atom. The highest BCUT2D eigenvalue weighted by atomic mass is 19.4. The number of amides is 1. The average molecular weight is 493 g/mol. The molecule has 1 aromatic heterocycles. The van der Waals surface area contributed by atoms with Gasteiger partial charge in [-0.3, -0.25) is 4.90 Å². The number of hydrogen-bond acceptors (Lipinski definition) is 4. The number of ether oxygens (including phenoxy) is 2. The lowest BCUT2D eigenvalue weighted by Gasteiger charge is -2.44. The van der Waals surface area contributed by atoms with Crippen LogP contribution in [0.3, 0.4) is 0 Å². The highest BCUT2D eigenvalue weighted by Crippen LogP contribution is 2.41. The maximum Gasteiger partial charge on any atom is 0.434 e. The number of aromatic amines is 1. The van der Waals surface area contributed by atoms with E-state index in [2.05, 4.69) is 14.6 Å². The molecule has 188 valence electrons. The van der Waals surface area contributed by atoms with Crippen molar-refractivity contribution < 1.29 is 40.6 Å². The number of methoxy groups -OCH3 is 1. The Bertz CT molecular complexity index is 1010. The van der Waals surface area contributed by atoms with Gasteiger partial charge in [-0.25, -0.2) is 4.79 Å². The maximum absolute atomic E-state index is 12.7. The number of nitrogens with zero attached hydrogens (tertiary/aromatic N) is 2. The summed E-state index contributed by atoms with van der Waals surface area (Å²) in [4.78, 5) is 18.7. The molecule has 0 atom stereocenters. The van der Waals surface area contributed by atoms with Gasteiger partial charge in [0.2, 0.25) is 0 Å². The number of halogens is 6. The van der Waals surface area contributed by atoms with Crippen LogP contribution in [0.25, 0.3) is 10.9 Å². The maximum atomic E-state index is 12.7. The third kappa shape index (κ3) is 4.77. The molecule has 2 aromatic rings. The minimum atomic E-state index is -5.73. The van der Waals surface area contributed by atoms with Crippen molar-refractivity contribution >= 4 is 17.0 Å². The Balaban J connectivity index is 1.41. The number of fused-ring (bicyclic) bond motifs is 1. The summed E-state index contributed by atoms with van der Waals surface area (Å²) in [7, 11) is 1.59. The first-order valence-electron chi connectivity index (χ1n) is 10.9. The molecule has 1 aromatic carbocycles. The lowest BCUT2D eigenvalue weighted by atomic mass is 9.85. The van der Waals surface area contributed by atoms with E-state index in [1.807, 2.05) is 24.3 Å². The molecule has 6 nitrogen and oxygen atoms in total. The van der Waals surface area contributed by atoms with Crippen LogP contribution in [0.1, 0.15) is 31.4 Å². The Morgan fingerprint density at radius 3 is 2.38 bits per heavy atom. The predicted molar refractivity (Wildman–Crippen MR) is 110 cm³/mol. The standard InChI is InChI=1S/C22H25F6N3O3/c1-33-16-5-2-4-14-12-15(29-17(14)16)13-31-9-3-6-20(31)7-10-30(11-8-20)19(32)34-18(21(23,24)25)22(26,27)28/h2,4-5,12,18,29H,3,6-11,13H2,1H3. The minimum absolute atomic E-state index is 0.0261. The fraction of sp³-hybridized carbons (Fsp3) is 0.591. The number of piperidine rings is 1. The Kier molecular flexibility index (Phi) is 6.38. The van der Waals surface area contributed by atoms with Crippen LogP contribution < -0.4 is 4.74 Å². The minimum Gasteiger partial charge on any atom is -0.495 e. The second-order valence-electron chi connectivity index (χ2n) is 8.80. The fourth-order valence-corrected chi connectivity index (χ4v) is 5.05. The molecule has 2 aliphatic heterocycles. The molecule has 0 aliphatic carbocycles. The molecule has 0 radical (unpaired) electrons. The molecule has 2 aliphatic rings. The van der Waals surface area contributed by atoms with Crippen LogP contribution >= 0.6 is 0 Å². The molecular formula is C22H25F6N3O3. The van der Waals surface area contributed by atoms with Gasteiger partial charge in [0.25, 0.3) is 6.10 Å². The van der Waals surface area contributed by atoms with Crippen LogP contribution in [0.5, 0.6) is 5.75 Å². The number of rotatable bonds is 4. The fourth-order valence-electron chi connectivity index (χ4n) is 5.05. The van der Waals surface area contributed by atoms with Gasteiger partial charge in [0, 0.05) is 36.3 Å². The van der Waals surface area contributed by atoms with Gasteiger partial charge in [-0.05, 0) is 44.4 Å². The normalized spacial score (nSPS) is 19.4. The van der Waals surface area contributed by atoms with Crippen molar-refractivity contribution in [3.05, 3.63) is 30.0 Å². The van der Waals surface area contributed by atoms with Crippen LogP contribution in [0.4, 0.5) is 31.1 Å². The van der Waals surface area contributed by atoms with Crippen molar-refractivity contribution in [3.63, 3.8) is 0 Å². The molecule has 34 heavy (non-hydrogen) atoms. The van der Waals surface area contributed by atoms with Crippen LogP contribution in [0.15, 0.2) is 24.3 Å². The summed E-state index contributed by atoms with van der Waals surface area (Å²) in [6.45, 7) is 1.46. The zero-order chi connectivity index (χ0) is 24.7. The van der Waals surface area contributed by atoms with Crippen molar-refractivity contribution in [2.75, 3.05) is 26.7 Å². The zero-order valence-electron chi connectivity index (χ0n) is 18.4. The summed E-state index contributed by atoms with van der Waals surface area (Å²) in [5.41, 5.74) is 1.58. The highest BCUT2D eigenvalue weighted by molar-refractivity contribution is 5.86. The molecule has 1 N–H and O–H groups in total. The first-order valence-corrected chi connectivity index (χ1v) is 10.9. The molecule has 12 heteroatoms. The molecule has 2 saturated heterocycles. The number of H-pyrrole nitrogens is 1. The van der Waals surface area contributed by atoms with Crippen LogP contribution in [0.2, 0.25) is 0 Å². The SMILES string of the molecule is COc1cccc2cc(CN3CCCC34CCN(C(=O)OC(C(F)(F)F)C(F)(F)F)CC4)[nH]c12. The van der Waals surface area contributed by atoms with Gasteiger partial charge in [-0.1, -0.05) is 12.1 Å². The number of carbonyl (C=O) groups is 1. The average Bonchev–Trinajstić information content (AvgIpc) is 3.34. The number of benzene rings is 1. The van der Waals surface area contributed by atoms with Gasteiger partial charge in [0.15, 0.2) is 0 Å². The molecule has 0 unspecified atom stereocenters. The van der Waals surface area contributed by atoms with Crippen LogP contribution in [0, 0.1) is 0 Å². The van der Waals surface area contributed by atoms with E-state index in [0.29, 0.717) is 19.4 Å². The lowest BCUT2D eigenvalue weighted by molar-refractivity contribution is -0.308. The smallest absolute Gasteiger partial charge is 0.434 e. The monoisotopic (exact) mass is 493 g/mol. The van der Waals surface area contributed by atoms with E-state index < -0.39 is 24.5 Å². The number of likely N-dealkylation sites (tertiary alicyclic amines) is 2. The van der Waals surface area contributed by atoms with Gasteiger partial charge < -0.3 is 19.4 Å². The highest BCUT2D eigenvalue weighted by Gasteiger charge is 2.60. The van der Waals surface area contributed by atoms with E-state index in [1.165, 1.54) is 0 Å². The van der Waals surface area contributed by atoms with E-state index in [9.17, 15) is 31.1 Å². The first kappa shape index (κ1) is 24.5. The molecular weight excluding hydrogens is 468 g/mol. The second-order valence-corrected chi connectivity index (χ2v) is 8.80. The summed E-state index contributed by atoms with van der Waals surface area (Å²) in [5, 5.41) is 1.00. The molecule has 2 fully saturated rings. The van der Waals surface area contributed by atoms with Gasteiger partial charge in [0.1, 0.15) is 5.75 Å². The van der Waals surface area contributed by atoms with Crippen LogP contribution in [-0.4, -0.2) is 71.6 Å². The third-order valence-electron chi connectivity index (χ3n) is 6.76. The van der Waals surface area contributed by atoms with Crippen LogP contribution in [-0.2, 0) is 11.3 Å². The van der Waals surface area contributed by atoms with E-state index in [0.717, 1.165) is 46.6 Å². The first-order chi connectivity index (χ1) is 15.9. The second kappa shape index (κ2) is 8.86. The summed E-state index contributed by atoms with van der Waals surface area (Å²) >= 11 is 0. The van der Waals surface area contributed by atoms with Crippen molar-refractivity contribution in [1.29, 1.82) is 0 Å². The van der Waals surface area contributed by atoms with E-state index in [1.54, 1.807) is 7.11 Å². The molecule has 0 saturated carbocycles. The van der Waals surface area contributed by atoms with Gasteiger partial charge in [0.05, 0.1) is 12.6 Å². The number of aromatic nitrogens is 1. The topological polar surface area (TPSA) is 57.8 Å². The lowest BCUT2D eigenvalue weighted by Crippen LogP contribution is -2.54. The Hall–Kier alpha value is -2.63. The van der Waals surface area contributed by atoms with Gasteiger partial charge in [-0.15, -0.1) is 0 Å².